The Morgan fingerprint density at radius 3 is 2.74 bits per heavy atom. The van der Waals surface area contributed by atoms with Crippen LogP contribution in [0.2, 0.25) is 0 Å². The average molecular weight is 263 g/mol. The lowest BCUT2D eigenvalue weighted by Gasteiger charge is -2.29. The Kier molecular flexibility index (Phi) is 5.19. The van der Waals surface area contributed by atoms with Gasteiger partial charge in [-0.15, -0.1) is 0 Å². The van der Waals surface area contributed by atoms with Gasteiger partial charge in [0.2, 0.25) is 0 Å². The number of benzene rings is 1. The van der Waals surface area contributed by atoms with Gasteiger partial charge in [-0.05, 0) is 31.0 Å². The first-order valence-electron chi connectivity index (χ1n) is 7.12. The summed E-state index contributed by atoms with van der Waals surface area (Å²) in [6, 6.07) is 6.35. The van der Waals surface area contributed by atoms with Gasteiger partial charge in [-0.2, -0.15) is 0 Å². The van der Waals surface area contributed by atoms with Gasteiger partial charge in [0.15, 0.2) is 0 Å². The Morgan fingerprint density at radius 2 is 2.11 bits per heavy atom. The molecule has 1 aromatic carbocycles. The smallest absolute Gasteiger partial charge is 0.122 e. The normalized spacial score (nSPS) is 18.3. The second-order valence-corrected chi connectivity index (χ2v) is 5.12. The number of piperazine rings is 1. The molecule has 0 aliphatic carbocycles. The number of hydrogen-bond donors (Lipinski definition) is 2. The topological polar surface area (TPSA) is 50.5 Å². The summed E-state index contributed by atoms with van der Waals surface area (Å²) in [4.78, 5) is 2.42. The van der Waals surface area contributed by atoms with E-state index >= 15 is 0 Å². The van der Waals surface area contributed by atoms with E-state index in [9.17, 15) is 0 Å². The number of ether oxygens (including phenoxy) is 1. The van der Waals surface area contributed by atoms with E-state index in [1.54, 1.807) is 0 Å². The molecular weight excluding hydrogens is 238 g/mol. The van der Waals surface area contributed by atoms with Crippen LogP contribution in [0.25, 0.3) is 0 Å². The maximum atomic E-state index is 6.32. The molecule has 1 unspecified atom stereocenters. The van der Waals surface area contributed by atoms with Crippen LogP contribution in [0.5, 0.6) is 5.75 Å². The Bertz CT molecular complexity index is 402. The fraction of sp³-hybridized carbons (Fsp3) is 0.600. The summed E-state index contributed by atoms with van der Waals surface area (Å²) in [5, 5.41) is 3.36. The van der Waals surface area contributed by atoms with Crippen LogP contribution >= 0.6 is 0 Å². The molecule has 3 N–H and O–H groups in total. The molecule has 106 valence electrons. The van der Waals surface area contributed by atoms with Gasteiger partial charge < -0.3 is 15.8 Å². The van der Waals surface area contributed by atoms with Crippen molar-refractivity contribution in [2.24, 2.45) is 5.73 Å². The van der Waals surface area contributed by atoms with Gasteiger partial charge >= 0.3 is 0 Å². The van der Waals surface area contributed by atoms with Gasteiger partial charge in [-0.1, -0.05) is 12.1 Å². The number of hydrogen-bond acceptors (Lipinski definition) is 4. The van der Waals surface area contributed by atoms with Crippen molar-refractivity contribution in [2.75, 3.05) is 39.3 Å². The van der Waals surface area contributed by atoms with E-state index in [0.29, 0.717) is 6.61 Å². The van der Waals surface area contributed by atoms with E-state index in [0.717, 1.165) is 44.0 Å². The summed E-state index contributed by atoms with van der Waals surface area (Å²) in [6.07, 6.45) is 0. The Balaban J connectivity index is 1.98. The lowest BCUT2D eigenvalue weighted by Crippen LogP contribution is -2.45. The zero-order valence-electron chi connectivity index (χ0n) is 12.0. The molecule has 1 aromatic rings. The monoisotopic (exact) mass is 263 g/mol. The number of nitrogens with zero attached hydrogens (tertiary/aromatic N) is 1. The minimum absolute atomic E-state index is 0.0764. The highest BCUT2D eigenvalue weighted by Crippen LogP contribution is 2.22. The molecule has 0 bridgehead atoms. The van der Waals surface area contributed by atoms with Crippen LogP contribution in [0.3, 0.4) is 0 Å². The van der Waals surface area contributed by atoms with Crippen LogP contribution in [0.4, 0.5) is 0 Å². The van der Waals surface area contributed by atoms with Crippen molar-refractivity contribution in [2.45, 2.75) is 19.9 Å². The van der Waals surface area contributed by atoms with Gasteiger partial charge in [0.05, 0.1) is 6.61 Å². The summed E-state index contributed by atoms with van der Waals surface area (Å²) < 4.78 is 5.56. The van der Waals surface area contributed by atoms with Crippen LogP contribution in [0.1, 0.15) is 24.1 Å². The molecule has 1 fully saturated rings. The highest BCUT2D eigenvalue weighted by atomic mass is 16.5. The highest BCUT2D eigenvalue weighted by Gasteiger charge is 2.15. The zero-order chi connectivity index (χ0) is 13.7. The lowest BCUT2D eigenvalue weighted by atomic mass is 10.0. The van der Waals surface area contributed by atoms with Gasteiger partial charge in [0.1, 0.15) is 5.75 Å². The van der Waals surface area contributed by atoms with Crippen molar-refractivity contribution >= 4 is 0 Å². The maximum absolute atomic E-state index is 6.32. The van der Waals surface area contributed by atoms with Crippen LogP contribution in [-0.4, -0.2) is 44.2 Å². The second-order valence-electron chi connectivity index (χ2n) is 5.12. The third kappa shape index (κ3) is 3.93. The molecule has 1 heterocycles. The van der Waals surface area contributed by atoms with E-state index in [4.69, 9.17) is 10.5 Å². The molecule has 1 saturated heterocycles. The third-order valence-corrected chi connectivity index (χ3v) is 3.59. The standard InChI is InChI=1S/C15H25N3O/c1-3-19-15-5-4-13(10-12(15)2)14(16)11-18-8-6-17-7-9-18/h4-5,10,14,17H,3,6-9,11,16H2,1-2H3. The number of nitrogens with one attached hydrogen (secondary N) is 1. The van der Waals surface area contributed by atoms with Crippen molar-refractivity contribution in [3.63, 3.8) is 0 Å². The van der Waals surface area contributed by atoms with Crippen LogP contribution in [0.15, 0.2) is 18.2 Å². The second kappa shape index (κ2) is 6.89. The highest BCUT2D eigenvalue weighted by molar-refractivity contribution is 5.37. The van der Waals surface area contributed by atoms with Gasteiger partial charge in [0, 0.05) is 38.8 Å². The van der Waals surface area contributed by atoms with E-state index in [-0.39, 0.29) is 6.04 Å². The quantitative estimate of drug-likeness (QED) is 0.841. The van der Waals surface area contributed by atoms with Crippen molar-refractivity contribution in [3.05, 3.63) is 29.3 Å². The summed E-state index contributed by atoms with van der Waals surface area (Å²) >= 11 is 0. The van der Waals surface area contributed by atoms with Crippen molar-refractivity contribution in [1.82, 2.24) is 10.2 Å². The summed E-state index contributed by atoms with van der Waals surface area (Å²) in [7, 11) is 0. The van der Waals surface area contributed by atoms with E-state index in [1.165, 1.54) is 5.56 Å². The first kappa shape index (κ1) is 14.3. The molecule has 0 amide bonds. The molecule has 4 heteroatoms. The van der Waals surface area contributed by atoms with Gasteiger partial charge in [-0.3, -0.25) is 4.90 Å². The lowest BCUT2D eigenvalue weighted by molar-refractivity contribution is 0.228. The predicted molar refractivity (Wildman–Crippen MR) is 78.6 cm³/mol. The van der Waals surface area contributed by atoms with Gasteiger partial charge in [0.25, 0.3) is 0 Å². The fourth-order valence-electron chi connectivity index (χ4n) is 2.50. The summed E-state index contributed by atoms with van der Waals surface area (Å²) in [5.41, 5.74) is 8.67. The Hall–Kier alpha value is -1.10. The van der Waals surface area contributed by atoms with Crippen LogP contribution in [0, 0.1) is 6.92 Å². The Labute approximate surface area is 115 Å². The van der Waals surface area contributed by atoms with E-state index in [1.807, 2.05) is 13.0 Å². The van der Waals surface area contributed by atoms with Crippen molar-refractivity contribution in [3.8, 4) is 5.75 Å². The molecule has 1 atom stereocenters. The molecule has 0 saturated carbocycles. The molecule has 0 aromatic heterocycles. The molecule has 4 nitrogen and oxygen atoms in total. The SMILES string of the molecule is CCOc1ccc(C(N)CN2CCNCC2)cc1C. The summed E-state index contributed by atoms with van der Waals surface area (Å²) in [6.45, 7) is 10.0. The maximum Gasteiger partial charge on any atom is 0.122 e. The minimum atomic E-state index is 0.0764. The number of nitrogens with two attached hydrogens (primary N) is 1. The number of rotatable bonds is 5. The van der Waals surface area contributed by atoms with Crippen LogP contribution < -0.4 is 15.8 Å². The minimum Gasteiger partial charge on any atom is -0.494 e. The Morgan fingerprint density at radius 1 is 1.37 bits per heavy atom. The molecule has 19 heavy (non-hydrogen) atoms. The van der Waals surface area contributed by atoms with E-state index in [2.05, 4.69) is 29.3 Å². The molecule has 1 aliphatic heterocycles. The third-order valence-electron chi connectivity index (χ3n) is 3.59. The summed E-state index contributed by atoms with van der Waals surface area (Å²) in [5.74, 6) is 0.959. The number of aryl methyl sites for hydroxylation is 1. The zero-order valence-corrected chi connectivity index (χ0v) is 12.0. The van der Waals surface area contributed by atoms with Crippen LogP contribution in [-0.2, 0) is 0 Å². The van der Waals surface area contributed by atoms with E-state index < -0.39 is 0 Å². The molecular formula is C15H25N3O. The molecule has 0 radical (unpaired) electrons. The van der Waals surface area contributed by atoms with Crippen molar-refractivity contribution < 1.29 is 4.74 Å². The average Bonchev–Trinajstić information content (AvgIpc) is 2.42. The predicted octanol–water partition coefficient (Wildman–Crippen LogP) is 1.30. The molecule has 1 aliphatic rings. The van der Waals surface area contributed by atoms with Gasteiger partial charge in [-0.25, -0.2) is 0 Å². The molecule has 0 spiro atoms. The molecule has 2 rings (SSSR count). The largest absolute Gasteiger partial charge is 0.494 e. The van der Waals surface area contributed by atoms with Crippen molar-refractivity contribution in [1.29, 1.82) is 0 Å². The first-order chi connectivity index (χ1) is 9.20. The fourth-order valence-corrected chi connectivity index (χ4v) is 2.50. The first-order valence-corrected chi connectivity index (χ1v) is 7.12.